The molecule has 1 N–H and O–H groups in total. The number of anilines is 1. The fourth-order valence-corrected chi connectivity index (χ4v) is 2.83. The maximum atomic E-state index is 12.3. The zero-order valence-corrected chi connectivity index (χ0v) is 15.9. The minimum Gasteiger partial charge on any atom is -0.497 e. The van der Waals surface area contributed by atoms with E-state index in [-0.39, 0.29) is 11.7 Å². The van der Waals surface area contributed by atoms with Crippen molar-refractivity contribution in [1.82, 2.24) is 9.78 Å². The predicted molar refractivity (Wildman–Crippen MR) is 104 cm³/mol. The van der Waals surface area contributed by atoms with Crippen molar-refractivity contribution in [3.63, 3.8) is 0 Å². The highest BCUT2D eigenvalue weighted by Crippen LogP contribution is 2.25. The van der Waals surface area contributed by atoms with E-state index in [4.69, 9.17) is 39.5 Å². The first-order chi connectivity index (χ1) is 12.5. The number of ether oxygens (including phenoxy) is 1. The number of amides is 1. The van der Waals surface area contributed by atoms with Gasteiger partial charge in [0.15, 0.2) is 5.82 Å². The molecule has 0 saturated carbocycles. The van der Waals surface area contributed by atoms with Gasteiger partial charge in [0.25, 0.3) is 5.91 Å². The van der Waals surface area contributed by atoms with Crippen LogP contribution in [0.3, 0.4) is 0 Å². The van der Waals surface area contributed by atoms with Gasteiger partial charge in [-0.15, -0.1) is 0 Å². The molecule has 134 valence electrons. The number of nitrogens with zero attached hydrogens (tertiary/aromatic N) is 2. The van der Waals surface area contributed by atoms with Gasteiger partial charge < -0.3 is 10.1 Å². The van der Waals surface area contributed by atoms with Crippen LogP contribution in [0, 0.1) is 0 Å². The molecule has 0 radical (unpaired) electrons. The van der Waals surface area contributed by atoms with Gasteiger partial charge in [0.05, 0.1) is 23.7 Å². The van der Waals surface area contributed by atoms with Crippen LogP contribution in [0.1, 0.15) is 15.9 Å². The van der Waals surface area contributed by atoms with E-state index in [2.05, 4.69) is 10.4 Å². The molecule has 0 aliphatic carbocycles. The van der Waals surface area contributed by atoms with E-state index in [1.54, 1.807) is 54.4 Å². The van der Waals surface area contributed by atoms with E-state index in [1.165, 1.54) is 0 Å². The fraction of sp³-hybridized carbons (Fsp3) is 0.111. The van der Waals surface area contributed by atoms with Crippen molar-refractivity contribution in [1.29, 1.82) is 0 Å². The summed E-state index contributed by atoms with van der Waals surface area (Å²) < 4.78 is 6.69. The Bertz CT molecular complexity index is 939. The summed E-state index contributed by atoms with van der Waals surface area (Å²) in [7, 11) is 1.56. The molecule has 0 spiro atoms. The highest BCUT2D eigenvalue weighted by Gasteiger charge is 2.13. The molecule has 1 heterocycles. The number of benzene rings is 2. The summed E-state index contributed by atoms with van der Waals surface area (Å²) in [5, 5.41) is 8.30. The van der Waals surface area contributed by atoms with Crippen molar-refractivity contribution >= 4 is 46.5 Å². The van der Waals surface area contributed by atoms with Crippen LogP contribution in [0.15, 0.2) is 48.7 Å². The summed E-state index contributed by atoms with van der Waals surface area (Å²) in [6.07, 6.45) is 1.63. The summed E-state index contributed by atoms with van der Waals surface area (Å²) in [5.74, 6) is 0.646. The van der Waals surface area contributed by atoms with Gasteiger partial charge >= 0.3 is 0 Å². The summed E-state index contributed by atoms with van der Waals surface area (Å²) in [6.45, 7) is 0.439. The molecule has 0 aliphatic heterocycles. The summed E-state index contributed by atoms with van der Waals surface area (Å²) in [6, 6.07) is 12.1. The molecule has 0 bridgehead atoms. The lowest BCUT2D eigenvalue weighted by Crippen LogP contribution is -2.13. The van der Waals surface area contributed by atoms with Gasteiger partial charge in [0.1, 0.15) is 10.8 Å². The Hall–Kier alpha value is -2.21. The molecule has 0 saturated heterocycles. The Balaban J connectivity index is 1.72. The van der Waals surface area contributed by atoms with E-state index < -0.39 is 0 Å². The number of nitrogens with one attached hydrogen (secondary N) is 1. The Labute approximate surface area is 165 Å². The van der Waals surface area contributed by atoms with Gasteiger partial charge in [-0.3, -0.25) is 9.48 Å². The van der Waals surface area contributed by atoms with Gasteiger partial charge in [0, 0.05) is 11.8 Å². The van der Waals surface area contributed by atoms with Crippen LogP contribution in [0.4, 0.5) is 5.82 Å². The third-order valence-electron chi connectivity index (χ3n) is 3.63. The Morgan fingerprint density at radius 1 is 1.08 bits per heavy atom. The van der Waals surface area contributed by atoms with Gasteiger partial charge in [-0.2, -0.15) is 5.10 Å². The lowest BCUT2D eigenvalue weighted by molar-refractivity contribution is 0.102. The molecule has 2 aromatic carbocycles. The van der Waals surface area contributed by atoms with Gasteiger partial charge in [-0.25, -0.2) is 0 Å². The van der Waals surface area contributed by atoms with Crippen LogP contribution in [-0.2, 0) is 6.54 Å². The second-order valence-electron chi connectivity index (χ2n) is 5.45. The van der Waals surface area contributed by atoms with Crippen LogP contribution in [0.25, 0.3) is 0 Å². The lowest BCUT2D eigenvalue weighted by Gasteiger charge is -2.05. The van der Waals surface area contributed by atoms with E-state index in [1.807, 2.05) is 6.07 Å². The first-order valence-corrected chi connectivity index (χ1v) is 8.72. The monoisotopic (exact) mass is 409 g/mol. The average Bonchev–Trinajstić information content (AvgIpc) is 2.97. The van der Waals surface area contributed by atoms with Crippen molar-refractivity contribution in [2.24, 2.45) is 0 Å². The minimum absolute atomic E-state index is 0.285. The molecular formula is C18H14Cl3N3O2. The number of carbonyl (C=O) groups is 1. The number of carbonyl (C=O) groups excluding carboxylic acids is 1. The first-order valence-electron chi connectivity index (χ1n) is 7.58. The molecule has 0 aliphatic rings. The molecule has 1 aromatic heterocycles. The van der Waals surface area contributed by atoms with Crippen molar-refractivity contribution in [2.75, 3.05) is 12.4 Å². The van der Waals surface area contributed by atoms with Crippen molar-refractivity contribution in [2.45, 2.75) is 6.54 Å². The molecule has 3 rings (SSSR count). The van der Waals surface area contributed by atoms with Crippen molar-refractivity contribution in [3.05, 3.63) is 74.9 Å². The molecule has 26 heavy (non-hydrogen) atoms. The Morgan fingerprint density at radius 2 is 1.81 bits per heavy atom. The van der Waals surface area contributed by atoms with Gasteiger partial charge in [0.2, 0.25) is 0 Å². The van der Waals surface area contributed by atoms with Gasteiger partial charge in [-0.05, 0) is 42.0 Å². The third kappa shape index (κ3) is 4.30. The average molecular weight is 411 g/mol. The van der Waals surface area contributed by atoms with E-state index in [9.17, 15) is 4.79 Å². The van der Waals surface area contributed by atoms with E-state index >= 15 is 0 Å². The fourth-order valence-electron chi connectivity index (χ4n) is 2.31. The summed E-state index contributed by atoms with van der Waals surface area (Å²) in [5.41, 5.74) is 1.38. The summed E-state index contributed by atoms with van der Waals surface area (Å²) in [4.78, 5) is 12.3. The molecule has 0 fully saturated rings. The zero-order chi connectivity index (χ0) is 18.7. The molecule has 5 nitrogen and oxygen atoms in total. The minimum atomic E-state index is -0.311. The quantitative estimate of drug-likeness (QED) is 0.632. The number of hydrogen-bond acceptors (Lipinski definition) is 3. The topological polar surface area (TPSA) is 56.1 Å². The highest BCUT2D eigenvalue weighted by atomic mass is 35.5. The summed E-state index contributed by atoms with van der Waals surface area (Å²) >= 11 is 18.1. The Kier molecular flexibility index (Phi) is 5.71. The smallest absolute Gasteiger partial charge is 0.256 e. The van der Waals surface area contributed by atoms with Crippen molar-refractivity contribution < 1.29 is 9.53 Å². The number of methoxy groups -OCH3 is 1. The maximum absolute atomic E-state index is 12.3. The van der Waals surface area contributed by atoms with Crippen molar-refractivity contribution in [3.8, 4) is 5.75 Å². The van der Waals surface area contributed by atoms with E-state index in [0.717, 1.165) is 5.56 Å². The second kappa shape index (κ2) is 7.99. The standard InChI is InChI=1S/C18H14Cl3N3O2/c1-26-13-5-3-12(4-6-13)18(25)22-17-16(21)10-24(23-17)9-11-2-7-14(19)15(20)8-11/h2-8,10H,9H2,1H3,(H,22,23,25). The van der Waals surface area contributed by atoms with Crippen LogP contribution in [-0.4, -0.2) is 22.8 Å². The predicted octanol–water partition coefficient (Wildman–Crippen LogP) is 5.15. The number of aromatic nitrogens is 2. The molecule has 8 heteroatoms. The number of rotatable bonds is 5. The highest BCUT2D eigenvalue weighted by molar-refractivity contribution is 6.42. The first kappa shape index (κ1) is 18.6. The van der Waals surface area contributed by atoms with Crippen LogP contribution < -0.4 is 10.1 Å². The molecule has 0 atom stereocenters. The normalized spacial score (nSPS) is 10.6. The SMILES string of the molecule is COc1ccc(C(=O)Nc2nn(Cc3ccc(Cl)c(Cl)c3)cc2Cl)cc1. The van der Waals surface area contributed by atoms with E-state index in [0.29, 0.717) is 32.9 Å². The van der Waals surface area contributed by atoms with Crippen LogP contribution >= 0.6 is 34.8 Å². The second-order valence-corrected chi connectivity index (χ2v) is 6.68. The van der Waals surface area contributed by atoms with Crippen LogP contribution in [0.2, 0.25) is 15.1 Å². The molecule has 3 aromatic rings. The zero-order valence-electron chi connectivity index (χ0n) is 13.7. The Morgan fingerprint density at radius 3 is 2.46 bits per heavy atom. The molecule has 1 amide bonds. The van der Waals surface area contributed by atoms with Crippen LogP contribution in [0.5, 0.6) is 5.75 Å². The molecule has 0 unspecified atom stereocenters. The number of halogens is 3. The maximum Gasteiger partial charge on any atom is 0.256 e. The molecular weight excluding hydrogens is 397 g/mol. The number of hydrogen-bond donors (Lipinski definition) is 1. The third-order valence-corrected chi connectivity index (χ3v) is 4.65. The van der Waals surface area contributed by atoms with Gasteiger partial charge in [-0.1, -0.05) is 40.9 Å². The largest absolute Gasteiger partial charge is 0.497 e. The lowest BCUT2D eigenvalue weighted by atomic mass is 10.2.